The summed E-state index contributed by atoms with van der Waals surface area (Å²) in [6.07, 6.45) is 5.16. The lowest BCUT2D eigenvalue weighted by atomic mass is 9.79. The zero-order valence-corrected chi connectivity index (χ0v) is 12.4. The van der Waals surface area contributed by atoms with Gasteiger partial charge in [0.15, 0.2) is 0 Å². The fraction of sp³-hybridized carbons (Fsp3) is 0.647. The summed E-state index contributed by atoms with van der Waals surface area (Å²) in [7, 11) is 0. The number of nitrogens with two attached hydrogens (primary N) is 1. The minimum Gasteiger partial charge on any atom is -0.324 e. The molecule has 0 heterocycles. The summed E-state index contributed by atoms with van der Waals surface area (Å²) in [5.41, 5.74) is 9.17. The second-order valence-corrected chi connectivity index (χ2v) is 5.72. The molecule has 2 rings (SSSR count). The fourth-order valence-electron chi connectivity index (χ4n) is 2.81. The molecule has 0 spiro atoms. The van der Waals surface area contributed by atoms with Crippen LogP contribution in [0.15, 0.2) is 24.3 Å². The van der Waals surface area contributed by atoms with Gasteiger partial charge in [0, 0.05) is 6.04 Å². The lowest BCUT2D eigenvalue weighted by molar-refractivity contribution is 0.291. The first-order valence-corrected chi connectivity index (χ1v) is 7.82. The van der Waals surface area contributed by atoms with Crippen LogP contribution in [0, 0.1) is 0 Å². The van der Waals surface area contributed by atoms with E-state index in [2.05, 4.69) is 43.0 Å². The van der Waals surface area contributed by atoms with Crippen molar-refractivity contribution in [1.82, 2.24) is 4.90 Å². The van der Waals surface area contributed by atoms with Crippen molar-refractivity contribution in [3.05, 3.63) is 35.4 Å². The molecule has 106 valence electrons. The van der Waals surface area contributed by atoms with Gasteiger partial charge in [0.1, 0.15) is 0 Å². The van der Waals surface area contributed by atoms with E-state index in [-0.39, 0.29) is 6.04 Å². The van der Waals surface area contributed by atoms with Crippen LogP contribution in [-0.4, -0.2) is 24.5 Å². The monoisotopic (exact) mass is 260 g/mol. The van der Waals surface area contributed by atoms with E-state index < -0.39 is 0 Å². The van der Waals surface area contributed by atoms with Crippen molar-refractivity contribution in [2.45, 2.75) is 51.5 Å². The molecule has 1 unspecified atom stereocenters. The third kappa shape index (κ3) is 3.80. The highest BCUT2D eigenvalue weighted by molar-refractivity contribution is 5.29. The van der Waals surface area contributed by atoms with Crippen LogP contribution in [0.3, 0.4) is 0 Å². The summed E-state index contributed by atoms with van der Waals surface area (Å²) in [5, 5.41) is 0. The van der Waals surface area contributed by atoms with Gasteiger partial charge in [0.25, 0.3) is 0 Å². The predicted molar refractivity (Wildman–Crippen MR) is 82.4 cm³/mol. The van der Waals surface area contributed by atoms with Crippen LogP contribution in [0.1, 0.15) is 62.6 Å². The lowest BCUT2D eigenvalue weighted by Crippen LogP contribution is -2.27. The van der Waals surface area contributed by atoms with Crippen molar-refractivity contribution in [3.63, 3.8) is 0 Å². The Hall–Kier alpha value is -0.860. The Labute approximate surface area is 118 Å². The Kier molecular flexibility index (Phi) is 5.41. The molecule has 2 heteroatoms. The van der Waals surface area contributed by atoms with Crippen LogP contribution in [0.25, 0.3) is 0 Å². The number of rotatable bonds is 7. The quantitative estimate of drug-likeness (QED) is 0.810. The van der Waals surface area contributed by atoms with E-state index in [1.54, 1.807) is 0 Å². The molecule has 0 saturated heterocycles. The SMILES string of the molecule is CCN(CC)CCC(N)c1cccc(C2CCC2)c1. The first-order valence-electron chi connectivity index (χ1n) is 7.82. The normalized spacial score (nSPS) is 17.5. The standard InChI is InChI=1S/C17H28N2/c1-3-19(4-2)12-11-17(18)16-10-6-9-15(13-16)14-7-5-8-14/h6,9-10,13-14,17H,3-5,7-8,11-12,18H2,1-2H3. The zero-order chi connectivity index (χ0) is 13.7. The topological polar surface area (TPSA) is 29.3 Å². The van der Waals surface area contributed by atoms with Gasteiger partial charge < -0.3 is 10.6 Å². The average Bonchev–Trinajstić information content (AvgIpc) is 2.38. The van der Waals surface area contributed by atoms with E-state index in [1.807, 2.05) is 0 Å². The highest BCUT2D eigenvalue weighted by Gasteiger charge is 2.20. The highest BCUT2D eigenvalue weighted by Crippen LogP contribution is 2.37. The molecule has 1 aliphatic carbocycles. The molecule has 0 amide bonds. The van der Waals surface area contributed by atoms with Gasteiger partial charge in [0.2, 0.25) is 0 Å². The van der Waals surface area contributed by atoms with E-state index in [4.69, 9.17) is 5.73 Å². The summed E-state index contributed by atoms with van der Waals surface area (Å²) in [5.74, 6) is 0.801. The maximum absolute atomic E-state index is 6.35. The van der Waals surface area contributed by atoms with E-state index in [9.17, 15) is 0 Å². The average molecular weight is 260 g/mol. The highest BCUT2D eigenvalue weighted by atomic mass is 15.1. The van der Waals surface area contributed by atoms with Crippen LogP contribution in [0.5, 0.6) is 0 Å². The van der Waals surface area contributed by atoms with Crippen LogP contribution < -0.4 is 5.73 Å². The van der Waals surface area contributed by atoms with Gasteiger partial charge >= 0.3 is 0 Å². The Morgan fingerprint density at radius 1 is 1.26 bits per heavy atom. The molecule has 0 aliphatic heterocycles. The molecule has 1 aromatic carbocycles. The maximum Gasteiger partial charge on any atom is 0.0307 e. The number of nitrogens with zero attached hydrogens (tertiary/aromatic N) is 1. The van der Waals surface area contributed by atoms with Crippen molar-refractivity contribution < 1.29 is 0 Å². The molecule has 0 bridgehead atoms. The molecule has 2 nitrogen and oxygen atoms in total. The second-order valence-electron chi connectivity index (χ2n) is 5.72. The zero-order valence-electron chi connectivity index (χ0n) is 12.4. The smallest absolute Gasteiger partial charge is 0.0307 e. The molecular weight excluding hydrogens is 232 g/mol. The summed E-state index contributed by atoms with van der Waals surface area (Å²) >= 11 is 0. The van der Waals surface area contributed by atoms with Crippen LogP contribution in [0.2, 0.25) is 0 Å². The van der Waals surface area contributed by atoms with Gasteiger partial charge in [-0.25, -0.2) is 0 Å². The van der Waals surface area contributed by atoms with Gasteiger partial charge in [0.05, 0.1) is 0 Å². The van der Waals surface area contributed by atoms with Crippen LogP contribution in [-0.2, 0) is 0 Å². The number of hydrogen-bond acceptors (Lipinski definition) is 2. The van der Waals surface area contributed by atoms with Gasteiger partial charge in [-0.15, -0.1) is 0 Å². The number of benzene rings is 1. The summed E-state index contributed by atoms with van der Waals surface area (Å²) in [6.45, 7) is 7.76. The molecule has 19 heavy (non-hydrogen) atoms. The Morgan fingerprint density at radius 2 is 2.00 bits per heavy atom. The Bertz CT molecular complexity index is 381. The van der Waals surface area contributed by atoms with Crippen molar-refractivity contribution in [3.8, 4) is 0 Å². The third-order valence-electron chi connectivity index (χ3n) is 4.57. The van der Waals surface area contributed by atoms with Crippen molar-refractivity contribution in [2.24, 2.45) is 5.73 Å². The minimum atomic E-state index is 0.181. The molecule has 0 aromatic heterocycles. The van der Waals surface area contributed by atoms with E-state index in [0.717, 1.165) is 32.0 Å². The van der Waals surface area contributed by atoms with E-state index >= 15 is 0 Å². The number of hydrogen-bond donors (Lipinski definition) is 1. The summed E-state index contributed by atoms with van der Waals surface area (Å²) in [6, 6.07) is 9.16. The minimum absolute atomic E-state index is 0.181. The summed E-state index contributed by atoms with van der Waals surface area (Å²) < 4.78 is 0. The van der Waals surface area contributed by atoms with E-state index in [1.165, 1.54) is 30.4 Å². The molecular formula is C17H28N2. The molecule has 1 saturated carbocycles. The third-order valence-corrected chi connectivity index (χ3v) is 4.57. The Balaban J connectivity index is 1.92. The first-order chi connectivity index (χ1) is 9.24. The van der Waals surface area contributed by atoms with Gasteiger partial charge in [-0.05, 0) is 55.9 Å². The molecule has 1 aromatic rings. The fourth-order valence-corrected chi connectivity index (χ4v) is 2.81. The van der Waals surface area contributed by atoms with Gasteiger partial charge in [-0.3, -0.25) is 0 Å². The maximum atomic E-state index is 6.35. The molecule has 0 radical (unpaired) electrons. The predicted octanol–water partition coefficient (Wildman–Crippen LogP) is 3.69. The van der Waals surface area contributed by atoms with Gasteiger partial charge in [-0.1, -0.05) is 44.5 Å². The summed E-state index contributed by atoms with van der Waals surface area (Å²) in [4.78, 5) is 2.44. The molecule has 2 N–H and O–H groups in total. The molecule has 1 atom stereocenters. The molecule has 1 aliphatic rings. The van der Waals surface area contributed by atoms with Crippen molar-refractivity contribution in [2.75, 3.05) is 19.6 Å². The lowest BCUT2D eigenvalue weighted by Gasteiger charge is -2.27. The molecule has 1 fully saturated rings. The van der Waals surface area contributed by atoms with Crippen LogP contribution >= 0.6 is 0 Å². The Morgan fingerprint density at radius 3 is 2.58 bits per heavy atom. The van der Waals surface area contributed by atoms with Gasteiger partial charge in [-0.2, -0.15) is 0 Å². The van der Waals surface area contributed by atoms with Crippen molar-refractivity contribution >= 4 is 0 Å². The van der Waals surface area contributed by atoms with Crippen molar-refractivity contribution in [1.29, 1.82) is 0 Å². The second kappa shape index (κ2) is 7.06. The van der Waals surface area contributed by atoms with E-state index in [0.29, 0.717) is 0 Å². The first kappa shape index (κ1) is 14.5. The largest absolute Gasteiger partial charge is 0.324 e. The van der Waals surface area contributed by atoms with Crippen LogP contribution in [0.4, 0.5) is 0 Å².